The number of nitrogens with one attached hydrogen (secondary N) is 1. The molecular formula is C14H19NO2. The topological polar surface area (TPSA) is 38.3 Å². The van der Waals surface area contributed by atoms with Gasteiger partial charge in [-0.05, 0) is 26.3 Å². The van der Waals surface area contributed by atoms with Crippen molar-refractivity contribution in [2.45, 2.75) is 26.4 Å². The third kappa shape index (κ3) is 6.40. The SMILES string of the molecule is CC(C)(C)OC(=O)NC/C=C/c1ccccc1. The number of rotatable bonds is 3. The van der Waals surface area contributed by atoms with Gasteiger partial charge >= 0.3 is 6.09 Å². The zero-order chi connectivity index (χ0) is 12.7. The summed E-state index contributed by atoms with van der Waals surface area (Å²) in [6.45, 7) is 5.98. The highest BCUT2D eigenvalue weighted by Crippen LogP contribution is 2.06. The molecule has 0 saturated heterocycles. The second kappa shape index (κ2) is 6.09. The highest BCUT2D eigenvalue weighted by Gasteiger charge is 2.14. The van der Waals surface area contributed by atoms with Gasteiger partial charge in [0.25, 0.3) is 0 Å². The van der Waals surface area contributed by atoms with Gasteiger partial charge in [-0.1, -0.05) is 42.5 Å². The second-order valence-electron chi connectivity index (χ2n) is 4.70. The van der Waals surface area contributed by atoms with Crippen LogP contribution in [0.2, 0.25) is 0 Å². The fourth-order valence-electron chi connectivity index (χ4n) is 1.22. The van der Waals surface area contributed by atoms with Crippen molar-refractivity contribution in [2.24, 2.45) is 0 Å². The maximum atomic E-state index is 11.3. The molecule has 1 N–H and O–H groups in total. The van der Waals surface area contributed by atoms with E-state index in [2.05, 4.69) is 5.32 Å². The summed E-state index contributed by atoms with van der Waals surface area (Å²) in [5.74, 6) is 0. The largest absolute Gasteiger partial charge is 0.444 e. The minimum Gasteiger partial charge on any atom is -0.444 e. The first kappa shape index (κ1) is 13.3. The van der Waals surface area contributed by atoms with Crippen molar-refractivity contribution in [1.29, 1.82) is 0 Å². The molecule has 17 heavy (non-hydrogen) atoms. The normalized spacial score (nSPS) is 11.5. The molecule has 0 aliphatic carbocycles. The number of amides is 1. The fourth-order valence-corrected chi connectivity index (χ4v) is 1.22. The lowest BCUT2D eigenvalue weighted by atomic mass is 10.2. The third-order valence-corrected chi connectivity index (χ3v) is 1.87. The Morgan fingerprint density at radius 1 is 1.29 bits per heavy atom. The maximum absolute atomic E-state index is 11.3. The van der Waals surface area contributed by atoms with E-state index in [-0.39, 0.29) is 0 Å². The lowest BCUT2D eigenvalue weighted by molar-refractivity contribution is 0.0534. The summed E-state index contributed by atoms with van der Waals surface area (Å²) < 4.78 is 5.11. The smallest absolute Gasteiger partial charge is 0.407 e. The molecule has 0 atom stereocenters. The maximum Gasteiger partial charge on any atom is 0.407 e. The number of carbonyl (C=O) groups excluding carboxylic acids is 1. The van der Waals surface area contributed by atoms with Gasteiger partial charge in [-0.2, -0.15) is 0 Å². The third-order valence-electron chi connectivity index (χ3n) is 1.87. The van der Waals surface area contributed by atoms with Gasteiger partial charge in [-0.3, -0.25) is 0 Å². The van der Waals surface area contributed by atoms with Crippen molar-refractivity contribution in [1.82, 2.24) is 5.32 Å². The molecular weight excluding hydrogens is 214 g/mol. The van der Waals surface area contributed by atoms with Crippen LogP contribution in [0.15, 0.2) is 36.4 Å². The van der Waals surface area contributed by atoms with Crippen molar-refractivity contribution in [3.63, 3.8) is 0 Å². The van der Waals surface area contributed by atoms with E-state index in [0.29, 0.717) is 6.54 Å². The van der Waals surface area contributed by atoms with E-state index >= 15 is 0 Å². The molecule has 3 heteroatoms. The molecule has 0 spiro atoms. The summed E-state index contributed by atoms with van der Waals surface area (Å²) in [4.78, 5) is 11.3. The van der Waals surface area contributed by atoms with Crippen molar-refractivity contribution in [3.8, 4) is 0 Å². The van der Waals surface area contributed by atoms with Crippen LogP contribution < -0.4 is 5.32 Å². The van der Waals surface area contributed by atoms with Crippen LogP contribution in [0.5, 0.6) is 0 Å². The average molecular weight is 233 g/mol. The molecule has 0 fully saturated rings. The Morgan fingerprint density at radius 2 is 1.94 bits per heavy atom. The molecule has 0 bridgehead atoms. The number of carbonyl (C=O) groups is 1. The van der Waals surface area contributed by atoms with Crippen molar-refractivity contribution < 1.29 is 9.53 Å². The van der Waals surface area contributed by atoms with E-state index in [1.165, 1.54) is 0 Å². The summed E-state index contributed by atoms with van der Waals surface area (Å²) in [5.41, 5.74) is 0.659. The molecule has 0 heterocycles. The predicted octanol–water partition coefficient (Wildman–Crippen LogP) is 3.22. The molecule has 92 valence electrons. The molecule has 0 aromatic heterocycles. The van der Waals surface area contributed by atoms with Crippen LogP contribution in [0.3, 0.4) is 0 Å². The highest BCUT2D eigenvalue weighted by molar-refractivity contribution is 5.68. The molecule has 3 nitrogen and oxygen atoms in total. The van der Waals surface area contributed by atoms with Crippen molar-refractivity contribution in [3.05, 3.63) is 42.0 Å². The van der Waals surface area contributed by atoms with E-state index < -0.39 is 11.7 Å². The fraction of sp³-hybridized carbons (Fsp3) is 0.357. The Morgan fingerprint density at radius 3 is 2.53 bits per heavy atom. The van der Waals surface area contributed by atoms with E-state index in [9.17, 15) is 4.79 Å². The van der Waals surface area contributed by atoms with Gasteiger partial charge in [-0.25, -0.2) is 4.79 Å². The second-order valence-corrected chi connectivity index (χ2v) is 4.70. The van der Waals surface area contributed by atoms with Crippen LogP contribution in [0.1, 0.15) is 26.3 Å². The summed E-state index contributed by atoms with van der Waals surface area (Å²) in [5, 5.41) is 2.66. The molecule has 0 saturated carbocycles. The van der Waals surface area contributed by atoms with Crippen LogP contribution >= 0.6 is 0 Å². The standard InChI is InChI=1S/C14H19NO2/c1-14(2,3)17-13(16)15-11-7-10-12-8-5-4-6-9-12/h4-10H,11H2,1-3H3,(H,15,16)/b10-7+. The molecule has 1 rings (SSSR count). The molecule has 0 aliphatic rings. The predicted molar refractivity (Wildman–Crippen MR) is 69.7 cm³/mol. The Labute approximate surface area is 102 Å². The van der Waals surface area contributed by atoms with Crippen molar-refractivity contribution >= 4 is 12.2 Å². The molecule has 0 unspecified atom stereocenters. The molecule has 1 aromatic rings. The first-order chi connectivity index (χ1) is 7.97. The van der Waals surface area contributed by atoms with Crippen LogP contribution in [0.25, 0.3) is 6.08 Å². The van der Waals surface area contributed by atoms with Gasteiger partial charge in [0, 0.05) is 6.54 Å². The van der Waals surface area contributed by atoms with Gasteiger partial charge in [0.1, 0.15) is 5.60 Å². The van der Waals surface area contributed by atoms with Crippen molar-refractivity contribution in [2.75, 3.05) is 6.54 Å². The Hall–Kier alpha value is -1.77. The number of ether oxygens (including phenoxy) is 1. The average Bonchev–Trinajstić information content (AvgIpc) is 2.23. The van der Waals surface area contributed by atoms with Gasteiger partial charge < -0.3 is 10.1 Å². The lowest BCUT2D eigenvalue weighted by Crippen LogP contribution is -2.32. The van der Waals surface area contributed by atoms with Crippen LogP contribution in [0, 0.1) is 0 Å². The first-order valence-corrected chi connectivity index (χ1v) is 5.66. The minimum absolute atomic E-state index is 0.393. The zero-order valence-corrected chi connectivity index (χ0v) is 10.6. The van der Waals surface area contributed by atoms with Gasteiger partial charge in [-0.15, -0.1) is 0 Å². The van der Waals surface area contributed by atoms with Crippen LogP contribution in [-0.4, -0.2) is 18.2 Å². The molecule has 0 aliphatic heterocycles. The summed E-state index contributed by atoms with van der Waals surface area (Å²) in [6.07, 6.45) is 3.45. The Bertz CT molecular complexity index is 377. The van der Waals surface area contributed by atoms with Crippen LogP contribution in [0.4, 0.5) is 4.79 Å². The number of hydrogen-bond acceptors (Lipinski definition) is 2. The van der Waals surface area contributed by atoms with Gasteiger partial charge in [0.2, 0.25) is 0 Å². The summed E-state index contributed by atoms with van der Waals surface area (Å²) in [6, 6.07) is 9.92. The number of alkyl carbamates (subject to hydrolysis) is 1. The van der Waals surface area contributed by atoms with E-state index in [0.717, 1.165) is 5.56 Å². The molecule has 0 radical (unpaired) electrons. The molecule has 1 aromatic carbocycles. The van der Waals surface area contributed by atoms with Gasteiger partial charge in [0.05, 0.1) is 0 Å². The zero-order valence-electron chi connectivity index (χ0n) is 10.6. The van der Waals surface area contributed by atoms with Gasteiger partial charge in [0.15, 0.2) is 0 Å². The quantitative estimate of drug-likeness (QED) is 0.870. The monoisotopic (exact) mass is 233 g/mol. The summed E-state index contributed by atoms with van der Waals surface area (Å²) in [7, 11) is 0. The van der Waals surface area contributed by atoms with E-state index in [1.54, 1.807) is 0 Å². The lowest BCUT2D eigenvalue weighted by Gasteiger charge is -2.19. The summed E-state index contributed by atoms with van der Waals surface area (Å²) >= 11 is 0. The Balaban J connectivity index is 2.29. The van der Waals surface area contributed by atoms with Crippen LogP contribution in [-0.2, 0) is 4.74 Å². The molecule has 1 amide bonds. The van der Waals surface area contributed by atoms with E-state index in [1.807, 2.05) is 63.3 Å². The highest BCUT2D eigenvalue weighted by atomic mass is 16.6. The number of hydrogen-bond donors (Lipinski definition) is 1. The number of benzene rings is 1. The Kier molecular flexibility index (Phi) is 4.76. The first-order valence-electron chi connectivity index (χ1n) is 5.66. The minimum atomic E-state index is -0.451. The van der Waals surface area contributed by atoms with E-state index in [4.69, 9.17) is 4.74 Å².